The van der Waals surface area contributed by atoms with E-state index in [0.29, 0.717) is 17.1 Å². The second-order valence-electron chi connectivity index (χ2n) is 3.90. The van der Waals surface area contributed by atoms with Crippen molar-refractivity contribution in [3.63, 3.8) is 0 Å². The fourth-order valence-corrected chi connectivity index (χ4v) is 2.58. The molecule has 2 aromatic rings. The number of ether oxygens (including phenoxy) is 1. The molecule has 0 fully saturated rings. The van der Waals surface area contributed by atoms with Crippen LogP contribution in [0.4, 0.5) is 11.4 Å². The summed E-state index contributed by atoms with van der Waals surface area (Å²) in [7, 11) is -2.07. The average Bonchev–Trinajstić information content (AvgIpc) is 2.41. The van der Waals surface area contributed by atoms with Gasteiger partial charge in [-0.25, -0.2) is 8.42 Å². The first kappa shape index (κ1) is 13.2. The van der Waals surface area contributed by atoms with Crippen LogP contribution in [-0.4, -0.2) is 15.5 Å². The number of hydrogen-bond acceptors (Lipinski definition) is 4. The van der Waals surface area contributed by atoms with Crippen LogP contribution in [0.5, 0.6) is 5.75 Å². The molecule has 0 bridgehead atoms. The first-order chi connectivity index (χ1) is 9.01. The van der Waals surface area contributed by atoms with Crippen LogP contribution in [0.2, 0.25) is 0 Å². The molecule has 0 heterocycles. The van der Waals surface area contributed by atoms with Gasteiger partial charge < -0.3 is 10.5 Å². The highest BCUT2D eigenvalue weighted by molar-refractivity contribution is 7.92. The Labute approximate surface area is 112 Å². The van der Waals surface area contributed by atoms with Crippen molar-refractivity contribution in [1.82, 2.24) is 0 Å². The van der Waals surface area contributed by atoms with Crippen LogP contribution in [0, 0.1) is 0 Å². The summed E-state index contributed by atoms with van der Waals surface area (Å²) in [4.78, 5) is 0.171. The van der Waals surface area contributed by atoms with Gasteiger partial charge in [0.15, 0.2) is 0 Å². The molecule has 0 aromatic heterocycles. The molecule has 5 nitrogen and oxygen atoms in total. The Morgan fingerprint density at radius 2 is 1.58 bits per heavy atom. The second-order valence-corrected chi connectivity index (χ2v) is 5.59. The van der Waals surface area contributed by atoms with Crippen LogP contribution in [0.3, 0.4) is 0 Å². The number of sulfonamides is 1. The zero-order chi connectivity index (χ0) is 13.9. The zero-order valence-corrected chi connectivity index (χ0v) is 11.1. The van der Waals surface area contributed by atoms with E-state index < -0.39 is 10.0 Å². The van der Waals surface area contributed by atoms with E-state index in [-0.39, 0.29) is 4.90 Å². The Bertz CT molecular complexity index is 649. The van der Waals surface area contributed by atoms with Gasteiger partial charge in [-0.3, -0.25) is 4.72 Å². The van der Waals surface area contributed by atoms with Gasteiger partial charge in [-0.2, -0.15) is 0 Å². The number of anilines is 2. The maximum atomic E-state index is 12.1. The van der Waals surface area contributed by atoms with E-state index in [2.05, 4.69) is 4.72 Å². The molecule has 3 N–H and O–H groups in total. The lowest BCUT2D eigenvalue weighted by molar-refractivity contribution is 0.414. The summed E-state index contributed by atoms with van der Waals surface area (Å²) in [6, 6.07) is 12.6. The molecule has 0 amide bonds. The summed E-state index contributed by atoms with van der Waals surface area (Å²) in [5, 5.41) is 0. The first-order valence-electron chi connectivity index (χ1n) is 5.54. The molecular weight excluding hydrogens is 264 g/mol. The van der Waals surface area contributed by atoms with E-state index in [0.717, 1.165) is 0 Å². The van der Waals surface area contributed by atoms with Crippen molar-refractivity contribution >= 4 is 21.4 Å². The van der Waals surface area contributed by atoms with Crippen LogP contribution in [0.25, 0.3) is 0 Å². The number of rotatable bonds is 4. The molecule has 0 unspecified atom stereocenters. The number of benzene rings is 2. The molecule has 0 atom stereocenters. The summed E-state index contributed by atoms with van der Waals surface area (Å²) >= 11 is 0. The fourth-order valence-electron chi connectivity index (χ4n) is 1.52. The van der Waals surface area contributed by atoms with Gasteiger partial charge in [-0.1, -0.05) is 0 Å². The Kier molecular flexibility index (Phi) is 3.62. The van der Waals surface area contributed by atoms with Gasteiger partial charge in [-0.15, -0.1) is 0 Å². The van der Waals surface area contributed by atoms with Gasteiger partial charge in [-0.05, 0) is 48.5 Å². The zero-order valence-electron chi connectivity index (χ0n) is 10.3. The van der Waals surface area contributed by atoms with E-state index in [1.807, 2.05) is 0 Å². The highest BCUT2D eigenvalue weighted by Crippen LogP contribution is 2.19. The van der Waals surface area contributed by atoms with Crippen LogP contribution < -0.4 is 15.2 Å². The topological polar surface area (TPSA) is 81.4 Å². The molecular formula is C13H14N2O3S. The largest absolute Gasteiger partial charge is 0.497 e. The normalized spacial score (nSPS) is 11.0. The third-order valence-electron chi connectivity index (χ3n) is 2.53. The lowest BCUT2D eigenvalue weighted by atomic mass is 10.3. The van der Waals surface area contributed by atoms with E-state index in [1.54, 1.807) is 36.4 Å². The Morgan fingerprint density at radius 1 is 1.00 bits per heavy atom. The minimum Gasteiger partial charge on any atom is -0.497 e. The van der Waals surface area contributed by atoms with Crippen LogP contribution in [0.1, 0.15) is 0 Å². The van der Waals surface area contributed by atoms with Gasteiger partial charge in [0.05, 0.1) is 12.0 Å². The molecule has 2 rings (SSSR count). The molecule has 0 spiro atoms. The van der Waals surface area contributed by atoms with Crippen molar-refractivity contribution in [1.29, 1.82) is 0 Å². The molecule has 0 aliphatic rings. The third kappa shape index (κ3) is 3.17. The van der Waals surface area contributed by atoms with Crippen LogP contribution in [-0.2, 0) is 10.0 Å². The van der Waals surface area contributed by atoms with Crippen molar-refractivity contribution in [3.05, 3.63) is 48.5 Å². The van der Waals surface area contributed by atoms with Crippen molar-refractivity contribution in [2.45, 2.75) is 4.90 Å². The highest BCUT2D eigenvalue weighted by Gasteiger charge is 2.13. The quantitative estimate of drug-likeness (QED) is 0.839. The van der Waals surface area contributed by atoms with Gasteiger partial charge in [0.25, 0.3) is 10.0 Å². The standard InChI is InChI=1S/C13H14N2O3S/c1-18-12-6-8-13(9-7-12)19(16,17)15-11-4-2-10(14)3-5-11/h2-9,15H,14H2,1H3. The summed E-state index contributed by atoms with van der Waals surface area (Å²) in [6.07, 6.45) is 0. The number of nitrogen functional groups attached to an aromatic ring is 1. The highest BCUT2D eigenvalue weighted by atomic mass is 32.2. The number of nitrogens with two attached hydrogens (primary N) is 1. The summed E-state index contributed by atoms with van der Waals surface area (Å²) in [6.45, 7) is 0. The van der Waals surface area contributed by atoms with Gasteiger partial charge in [0.1, 0.15) is 5.75 Å². The minimum absolute atomic E-state index is 0.171. The number of hydrogen-bond donors (Lipinski definition) is 2. The van der Waals surface area contributed by atoms with Crippen molar-refractivity contribution in [3.8, 4) is 5.75 Å². The Hall–Kier alpha value is -2.21. The molecule has 0 saturated carbocycles. The molecule has 19 heavy (non-hydrogen) atoms. The lowest BCUT2D eigenvalue weighted by Crippen LogP contribution is -2.12. The predicted molar refractivity (Wildman–Crippen MR) is 74.7 cm³/mol. The first-order valence-corrected chi connectivity index (χ1v) is 7.02. The molecule has 2 aromatic carbocycles. The summed E-state index contributed by atoms with van der Waals surface area (Å²) in [5.41, 5.74) is 6.58. The SMILES string of the molecule is COc1ccc(S(=O)(=O)Nc2ccc(N)cc2)cc1. The van der Waals surface area contributed by atoms with Crippen molar-refractivity contribution in [2.75, 3.05) is 17.6 Å². The third-order valence-corrected chi connectivity index (χ3v) is 3.93. The number of nitrogens with one attached hydrogen (secondary N) is 1. The molecule has 0 aliphatic carbocycles. The van der Waals surface area contributed by atoms with E-state index in [1.165, 1.54) is 19.2 Å². The minimum atomic E-state index is -3.60. The molecule has 0 aliphatic heterocycles. The van der Waals surface area contributed by atoms with Gasteiger partial charge in [0.2, 0.25) is 0 Å². The Balaban J connectivity index is 2.24. The summed E-state index contributed by atoms with van der Waals surface area (Å²) in [5.74, 6) is 0.603. The smallest absolute Gasteiger partial charge is 0.261 e. The lowest BCUT2D eigenvalue weighted by Gasteiger charge is -2.08. The second kappa shape index (κ2) is 5.19. The molecule has 0 saturated heterocycles. The van der Waals surface area contributed by atoms with Gasteiger partial charge in [0, 0.05) is 11.4 Å². The Morgan fingerprint density at radius 3 is 2.11 bits per heavy atom. The monoisotopic (exact) mass is 278 g/mol. The van der Waals surface area contributed by atoms with Crippen molar-refractivity contribution in [2.24, 2.45) is 0 Å². The van der Waals surface area contributed by atoms with Crippen LogP contribution >= 0.6 is 0 Å². The summed E-state index contributed by atoms with van der Waals surface area (Å²) < 4.78 is 31.7. The number of methoxy groups -OCH3 is 1. The van der Waals surface area contributed by atoms with Crippen LogP contribution in [0.15, 0.2) is 53.4 Å². The van der Waals surface area contributed by atoms with Gasteiger partial charge >= 0.3 is 0 Å². The van der Waals surface area contributed by atoms with E-state index in [9.17, 15) is 8.42 Å². The predicted octanol–water partition coefficient (Wildman–Crippen LogP) is 2.08. The average molecular weight is 278 g/mol. The molecule has 0 radical (unpaired) electrons. The maximum absolute atomic E-state index is 12.1. The van der Waals surface area contributed by atoms with Crippen molar-refractivity contribution < 1.29 is 13.2 Å². The van der Waals surface area contributed by atoms with E-state index >= 15 is 0 Å². The fraction of sp³-hybridized carbons (Fsp3) is 0.0769. The molecule has 6 heteroatoms. The molecule has 100 valence electrons. The maximum Gasteiger partial charge on any atom is 0.261 e. The van der Waals surface area contributed by atoms with E-state index in [4.69, 9.17) is 10.5 Å².